The Bertz CT molecular complexity index is 776. The van der Waals surface area contributed by atoms with Crippen LogP contribution in [-0.2, 0) is 14.3 Å². The van der Waals surface area contributed by atoms with Gasteiger partial charge < -0.3 is 19.5 Å². The molecule has 0 amide bonds. The number of hydrogen-bond donors (Lipinski definition) is 1. The number of rotatable bonds is 42. The number of ether oxygens (including phenoxy) is 2. The number of aliphatic hydroxyl groups excluding tert-OH is 1. The summed E-state index contributed by atoms with van der Waals surface area (Å²) < 4.78 is 12.4. The van der Waals surface area contributed by atoms with Crippen molar-refractivity contribution in [2.75, 3.05) is 32.8 Å². The van der Waals surface area contributed by atoms with E-state index in [4.69, 9.17) is 9.47 Å². The van der Waals surface area contributed by atoms with Gasteiger partial charge in [-0.25, -0.2) is 0 Å². The lowest BCUT2D eigenvalue weighted by Gasteiger charge is -2.22. The molecule has 0 heterocycles. The quantitative estimate of drug-likeness (QED) is 0.0384. The highest BCUT2D eigenvalue weighted by Crippen LogP contribution is 2.36. The molecule has 0 aromatic rings. The third-order valence-corrected chi connectivity index (χ3v) is 11.1. The van der Waals surface area contributed by atoms with Gasteiger partial charge in [0.2, 0.25) is 0 Å². The van der Waals surface area contributed by atoms with Crippen LogP contribution < -0.4 is 0 Å². The largest absolute Gasteiger partial charge is 0.495 e. The van der Waals surface area contributed by atoms with Crippen molar-refractivity contribution in [3.8, 4) is 0 Å². The number of carbonyl (C=O) groups excluding carboxylic acids is 1. The van der Waals surface area contributed by atoms with E-state index in [0.29, 0.717) is 25.7 Å². The molecule has 0 atom stereocenters. The lowest BCUT2D eigenvalue weighted by molar-refractivity contribution is -0.144. The van der Waals surface area contributed by atoms with Crippen LogP contribution in [0.5, 0.6) is 0 Å². The Morgan fingerprint density at radius 3 is 1.44 bits per heavy atom. The second kappa shape index (κ2) is 38.2. The summed E-state index contributed by atoms with van der Waals surface area (Å²) in [5, 5.41) is 9.59. The first-order valence-corrected chi connectivity index (χ1v) is 23.5. The third-order valence-electron chi connectivity index (χ3n) is 11.1. The number of esters is 1. The molecule has 0 saturated heterocycles. The second-order valence-electron chi connectivity index (χ2n) is 16.3. The molecule has 0 bridgehead atoms. The first-order chi connectivity index (χ1) is 25.6. The number of aliphatic hydroxyl groups is 1. The van der Waals surface area contributed by atoms with E-state index in [-0.39, 0.29) is 12.6 Å². The molecular weight excluding hydrogens is 643 g/mol. The third kappa shape index (κ3) is 32.4. The predicted octanol–water partition coefficient (Wildman–Crippen LogP) is 14.2. The smallest absolute Gasteiger partial charge is 0.305 e. The first-order valence-electron chi connectivity index (χ1n) is 23.5. The predicted molar refractivity (Wildman–Crippen MR) is 225 cm³/mol. The van der Waals surface area contributed by atoms with Gasteiger partial charge in [-0.1, -0.05) is 168 Å². The van der Waals surface area contributed by atoms with Crippen molar-refractivity contribution in [3.05, 3.63) is 11.3 Å². The normalized spacial score (nSPS) is 12.7. The Morgan fingerprint density at radius 2 is 0.962 bits per heavy atom. The van der Waals surface area contributed by atoms with Crippen molar-refractivity contribution in [2.24, 2.45) is 0 Å². The van der Waals surface area contributed by atoms with E-state index >= 15 is 0 Å². The van der Waals surface area contributed by atoms with Gasteiger partial charge in [0.05, 0.1) is 25.1 Å². The van der Waals surface area contributed by atoms with E-state index in [1.165, 1.54) is 198 Å². The van der Waals surface area contributed by atoms with Crippen molar-refractivity contribution in [1.82, 2.24) is 4.90 Å². The maximum atomic E-state index is 12.2. The van der Waals surface area contributed by atoms with Gasteiger partial charge in [0, 0.05) is 25.9 Å². The molecule has 0 aliphatic heterocycles. The van der Waals surface area contributed by atoms with Crippen LogP contribution in [0.2, 0.25) is 0 Å². The zero-order chi connectivity index (χ0) is 37.6. The summed E-state index contributed by atoms with van der Waals surface area (Å²) in [6.07, 6.45) is 44.7. The minimum absolute atomic E-state index is 0.0401. The van der Waals surface area contributed by atoms with Crippen molar-refractivity contribution < 1.29 is 19.4 Å². The van der Waals surface area contributed by atoms with Crippen LogP contribution in [0.15, 0.2) is 11.3 Å². The highest BCUT2D eigenvalue weighted by molar-refractivity contribution is 5.69. The molecule has 1 aliphatic carbocycles. The highest BCUT2D eigenvalue weighted by Gasteiger charge is 2.22. The van der Waals surface area contributed by atoms with Crippen LogP contribution in [0.3, 0.4) is 0 Å². The molecular formula is C47H91NO4. The Labute approximate surface area is 325 Å². The van der Waals surface area contributed by atoms with Gasteiger partial charge >= 0.3 is 5.97 Å². The van der Waals surface area contributed by atoms with Gasteiger partial charge in [-0.2, -0.15) is 0 Å². The van der Waals surface area contributed by atoms with Crippen molar-refractivity contribution in [2.45, 2.75) is 252 Å². The zero-order valence-electron chi connectivity index (χ0n) is 35.5. The number of nitrogens with zero attached hydrogens (tertiary/aromatic N) is 1. The van der Waals surface area contributed by atoms with Gasteiger partial charge in [-0.15, -0.1) is 0 Å². The fourth-order valence-electron chi connectivity index (χ4n) is 7.54. The van der Waals surface area contributed by atoms with E-state index in [1.54, 1.807) is 5.57 Å². The van der Waals surface area contributed by atoms with E-state index < -0.39 is 0 Å². The average Bonchev–Trinajstić information content (AvgIpc) is 4.00. The number of hydrogen-bond acceptors (Lipinski definition) is 5. The van der Waals surface area contributed by atoms with Gasteiger partial charge in [0.25, 0.3) is 0 Å². The second-order valence-corrected chi connectivity index (χ2v) is 16.3. The molecule has 52 heavy (non-hydrogen) atoms. The molecule has 308 valence electrons. The monoisotopic (exact) mass is 734 g/mol. The summed E-state index contributed by atoms with van der Waals surface area (Å²) >= 11 is 0. The molecule has 0 aromatic heterocycles. The zero-order valence-corrected chi connectivity index (χ0v) is 35.5. The minimum atomic E-state index is -0.0401. The van der Waals surface area contributed by atoms with Crippen LogP contribution in [0.25, 0.3) is 0 Å². The van der Waals surface area contributed by atoms with Gasteiger partial charge in [0.15, 0.2) is 0 Å². The number of allylic oxidation sites excluding steroid dienone is 2. The maximum Gasteiger partial charge on any atom is 0.305 e. The molecule has 5 heteroatoms. The fourth-order valence-corrected chi connectivity index (χ4v) is 7.54. The van der Waals surface area contributed by atoms with Crippen molar-refractivity contribution in [1.29, 1.82) is 0 Å². The molecule has 0 spiro atoms. The topological polar surface area (TPSA) is 59.0 Å². The summed E-state index contributed by atoms with van der Waals surface area (Å²) in [7, 11) is 0. The average molecular weight is 734 g/mol. The molecule has 5 nitrogen and oxygen atoms in total. The van der Waals surface area contributed by atoms with Crippen molar-refractivity contribution in [3.63, 3.8) is 0 Å². The molecule has 0 radical (unpaired) electrons. The Hall–Kier alpha value is -1.07. The molecule has 1 fully saturated rings. The lowest BCUT2D eigenvalue weighted by atomic mass is 10.0. The summed E-state index contributed by atoms with van der Waals surface area (Å²) in [5.41, 5.74) is 1.61. The van der Waals surface area contributed by atoms with Gasteiger partial charge in [-0.3, -0.25) is 4.79 Å². The van der Waals surface area contributed by atoms with Gasteiger partial charge in [-0.05, 0) is 76.3 Å². The SMILES string of the molecule is CCCCCCCCCCCCCC(=O)OCCCN(CCO)CCCCCCCC(OC(CCCCCCCC)CCCCCCCC)=C1CC1. The summed E-state index contributed by atoms with van der Waals surface area (Å²) in [5.74, 6) is 1.33. The molecule has 1 N–H and O–H groups in total. The van der Waals surface area contributed by atoms with E-state index in [2.05, 4.69) is 25.7 Å². The first kappa shape index (κ1) is 48.9. The summed E-state index contributed by atoms with van der Waals surface area (Å²) in [6.45, 7) is 10.2. The highest BCUT2D eigenvalue weighted by atomic mass is 16.5. The molecule has 1 aliphatic rings. The Balaban J connectivity index is 2.18. The summed E-state index contributed by atoms with van der Waals surface area (Å²) in [4.78, 5) is 14.5. The van der Waals surface area contributed by atoms with E-state index in [0.717, 1.165) is 38.8 Å². The Morgan fingerprint density at radius 1 is 0.538 bits per heavy atom. The molecule has 0 unspecified atom stereocenters. The Kier molecular flexibility index (Phi) is 36.0. The maximum absolute atomic E-state index is 12.2. The standard InChI is InChI=1S/C47H91NO4/c1-4-7-10-13-16-17-18-19-20-25-30-36-47(50)51-43-32-40-48(41-42-49)39-31-26-21-24-29-35-46(44-37-38-44)52-45(33-27-22-14-11-8-5-2)34-28-23-15-12-9-6-3/h45,49H,4-43H2,1-3H3. The fraction of sp³-hybridized carbons (Fsp3) is 0.936. The van der Waals surface area contributed by atoms with Crippen LogP contribution in [0.1, 0.15) is 245 Å². The lowest BCUT2D eigenvalue weighted by Crippen LogP contribution is -2.30. The minimum Gasteiger partial charge on any atom is -0.495 e. The van der Waals surface area contributed by atoms with Crippen LogP contribution in [-0.4, -0.2) is 54.9 Å². The van der Waals surface area contributed by atoms with E-state index in [1.807, 2.05) is 0 Å². The molecule has 1 saturated carbocycles. The van der Waals surface area contributed by atoms with Crippen LogP contribution >= 0.6 is 0 Å². The summed E-state index contributed by atoms with van der Waals surface area (Å²) in [6, 6.07) is 0. The number of unbranched alkanes of at least 4 members (excludes halogenated alkanes) is 24. The van der Waals surface area contributed by atoms with Gasteiger partial charge in [0.1, 0.15) is 0 Å². The number of carbonyl (C=O) groups is 1. The van der Waals surface area contributed by atoms with Crippen LogP contribution in [0.4, 0.5) is 0 Å². The molecule has 1 rings (SSSR count). The van der Waals surface area contributed by atoms with Crippen molar-refractivity contribution >= 4 is 5.97 Å². The van der Waals surface area contributed by atoms with Crippen LogP contribution in [0, 0.1) is 0 Å². The molecule has 0 aromatic carbocycles. The van der Waals surface area contributed by atoms with E-state index in [9.17, 15) is 9.90 Å².